The highest BCUT2D eigenvalue weighted by Gasteiger charge is 2.22. The van der Waals surface area contributed by atoms with E-state index in [1.165, 1.54) is 12.1 Å². The molecule has 1 heterocycles. The number of rotatable bonds is 7. The van der Waals surface area contributed by atoms with E-state index in [0.717, 1.165) is 45.3 Å². The molecule has 1 unspecified atom stereocenters. The Hall–Kier alpha value is -1.68. The van der Waals surface area contributed by atoms with Crippen molar-refractivity contribution in [3.8, 4) is 0 Å². The summed E-state index contributed by atoms with van der Waals surface area (Å²) in [7, 11) is 0. The Morgan fingerprint density at radius 1 is 1.35 bits per heavy atom. The second-order valence-corrected chi connectivity index (χ2v) is 6.09. The minimum absolute atomic E-state index is 0.00741. The summed E-state index contributed by atoms with van der Waals surface area (Å²) in [6.07, 6.45) is 5.96. The number of carbonyl (C=O) groups is 1. The van der Waals surface area contributed by atoms with Gasteiger partial charge in [-0.1, -0.05) is 32.1 Å². The number of hydrogen-bond acceptors (Lipinski definition) is 2. The SMILES string of the molecule is CCCN(CCC)C(=O)/C(=C\C1CCCN1)c1cccc(F)c1. The number of carbonyl (C=O) groups excluding carboxylic acids is 1. The molecule has 0 saturated carbocycles. The average Bonchev–Trinajstić information content (AvgIpc) is 3.05. The second kappa shape index (κ2) is 8.82. The van der Waals surface area contributed by atoms with Gasteiger partial charge in [0.15, 0.2) is 0 Å². The van der Waals surface area contributed by atoms with Crippen LogP contribution in [0, 0.1) is 5.82 Å². The van der Waals surface area contributed by atoms with E-state index < -0.39 is 0 Å². The third-order valence-corrected chi connectivity index (χ3v) is 4.11. The van der Waals surface area contributed by atoms with E-state index in [1.54, 1.807) is 6.07 Å². The largest absolute Gasteiger partial charge is 0.339 e. The van der Waals surface area contributed by atoms with Crippen molar-refractivity contribution in [3.63, 3.8) is 0 Å². The van der Waals surface area contributed by atoms with Gasteiger partial charge < -0.3 is 10.2 Å². The van der Waals surface area contributed by atoms with E-state index >= 15 is 0 Å². The van der Waals surface area contributed by atoms with Gasteiger partial charge in [-0.3, -0.25) is 4.79 Å². The van der Waals surface area contributed by atoms with E-state index in [9.17, 15) is 9.18 Å². The average molecular weight is 318 g/mol. The van der Waals surface area contributed by atoms with Crippen molar-refractivity contribution in [3.05, 3.63) is 41.7 Å². The molecule has 2 rings (SSSR count). The Kier molecular flexibility index (Phi) is 6.78. The third kappa shape index (κ3) is 4.90. The molecule has 3 nitrogen and oxygen atoms in total. The molecule has 1 atom stereocenters. The first kappa shape index (κ1) is 17.7. The van der Waals surface area contributed by atoms with Gasteiger partial charge in [-0.25, -0.2) is 4.39 Å². The van der Waals surface area contributed by atoms with E-state index in [1.807, 2.05) is 17.0 Å². The van der Waals surface area contributed by atoms with Gasteiger partial charge in [0.05, 0.1) is 0 Å². The Morgan fingerprint density at radius 3 is 2.65 bits per heavy atom. The molecule has 0 radical (unpaired) electrons. The summed E-state index contributed by atoms with van der Waals surface area (Å²) >= 11 is 0. The van der Waals surface area contributed by atoms with Crippen LogP contribution in [0.15, 0.2) is 30.3 Å². The van der Waals surface area contributed by atoms with Gasteiger partial charge in [0.25, 0.3) is 5.91 Å². The number of nitrogens with one attached hydrogen (secondary N) is 1. The fourth-order valence-electron chi connectivity index (χ4n) is 3.03. The van der Waals surface area contributed by atoms with Crippen LogP contribution in [0.4, 0.5) is 4.39 Å². The van der Waals surface area contributed by atoms with Crippen molar-refractivity contribution in [2.75, 3.05) is 19.6 Å². The molecule has 1 aliphatic rings. The Bertz CT molecular complexity index is 544. The van der Waals surface area contributed by atoms with Crippen molar-refractivity contribution < 1.29 is 9.18 Å². The first-order valence-corrected chi connectivity index (χ1v) is 8.66. The highest BCUT2D eigenvalue weighted by atomic mass is 19.1. The van der Waals surface area contributed by atoms with E-state index in [4.69, 9.17) is 0 Å². The molecule has 1 fully saturated rings. The molecule has 0 spiro atoms. The first-order chi connectivity index (χ1) is 11.2. The van der Waals surface area contributed by atoms with Gasteiger partial charge >= 0.3 is 0 Å². The standard InChI is InChI=1S/C19H27FN2O/c1-3-11-22(12-4-2)19(23)18(14-17-9-6-10-21-17)15-7-5-8-16(20)13-15/h5,7-8,13-14,17,21H,3-4,6,9-12H2,1-2H3/b18-14-. The number of hydrogen-bond donors (Lipinski definition) is 1. The smallest absolute Gasteiger partial charge is 0.254 e. The summed E-state index contributed by atoms with van der Waals surface area (Å²) in [5.41, 5.74) is 1.28. The maximum absolute atomic E-state index is 13.6. The molecule has 0 aliphatic carbocycles. The third-order valence-electron chi connectivity index (χ3n) is 4.11. The Labute approximate surface area is 138 Å². The highest BCUT2D eigenvalue weighted by Crippen LogP contribution is 2.22. The maximum Gasteiger partial charge on any atom is 0.254 e. The van der Waals surface area contributed by atoms with Crippen LogP contribution in [0.25, 0.3) is 5.57 Å². The summed E-state index contributed by atoms with van der Waals surface area (Å²) in [5.74, 6) is -0.300. The predicted molar refractivity (Wildman–Crippen MR) is 92.6 cm³/mol. The molecule has 0 bridgehead atoms. The van der Waals surface area contributed by atoms with Crippen molar-refractivity contribution in [1.29, 1.82) is 0 Å². The molecule has 0 aromatic heterocycles. The summed E-state index contributed by atoms with van der Waals surface area (Å²) < 4.78 is 13.6. The summed E-state index contributed by atoms with van der Waals surface area (Å²) in [6, 6.07) is 6.54. The Morgan fingerprint density at radius 2 is 2.09 bits per heavy atom. The van der Waals surface area contributed by atoms with Crippen LogP contribution in [0.5, 0.6) is 0 Å². The lowest BCUT2D eigenvalue weighted by Gasteiger charge is -2.24. The van der Waals surface area contributed by atoms with Crippen LogP contribution in [-0.2, 0) is 4.79 Å². The zero-order chi connectivity index (χ0) is 16.7. The minimum Gasteiger partial charge on any atom is -0.339 e. The topological polar surface area (TPSA) is 32.3 Å². The minimum atomic E-state index is -0.307. The fourth-order valence-corrected chi connectivity index (χ4v) is 3.03. The van der Waals surface area contributed by atoms with E-state index in [-0.39, 0.29) is 17.8 Å². The molecular formula is C19H27FN2O. The van der Waals surface area contributed by atoms with Crippen molar-refractivity contribution in [2.24, 2.45) is 0 Å². The van der Waals surface area contributed by atoms with Crippen molar-refractivity contribution in [1.82, 2.24) is 10.2 Å². The summed E-state index contributed by atoms with van der Waals surface area (Å²) in [5, 5.41) is 3.39. The molecule has 4 heteroatoms. The summed E-state index contributed by atoms with van der Waals surface area (Å²) in [4.78, 5) is 14.9. The monoisotopic (exact) mass is 318 g/mol. The highest BCUT2D eigenvalue weighted by molar-refractivity contribution is 6.19. The zero-order valence-electron chi connectivity index (χ0n) is 14.1. The first-order valence-electron chi connectivity index (χ1n) is 8.66. The maximum atomic E-state index is 13.6. The van der Waals surface area contributed by atoms with Gasteiger partial charge in [-0.05, 0) is 49.9 Å². The molecule has 23 heavy (non-hydrogen) atoms. The van der Waals surface area contributed by atoms with Gasteiger partial charge in [0, 0.05) is 24.7 Å². The number of benzene rings is 1. The molecule has 1 aromatic rings. The van der Waals surface area contributed by atoms with E-state index in [2.05, 4.69) is 19.2 Å². The molecule has 1 amide bonds. The van der Waals surface area contributed by atoms with E-state index in [0.29, 0.717) is 11.1 Å². The number of nitrogens with zero attached hydrogens (tertiary/aromatic N) is 1. The quantitative estimate of drug-likeness (QED) is 0.779. The second-order valence-electron chi connectivity index (χ2n) is 6.09. The normalized spacial score (nSPS) is 18.2. The molecule has 1 saturated heterocycles. The molecule has 1 aliphatic heterocycles. The summed E-state index contributed by atoms with van der Waals surface area (Å²) in [6.45, 7) is 6.58. The number of halogens is 1. The van der Waals surface area contributed by atoms with Crippen LogP contribution in [0.2, 0.25) is 0 Å². The van der Waals surface area contributed by atoms with Crippen LogP contribution >= 0.6 is 0 Å². The van der Waals surface area contributed by atoms with Gasteiger partial charge in [-0.15, -0.1) is 0 Å². The lowest BCUT2D eigenvalue weighted by atomic mass is 10.0. The van der Waals surface area contributed by atoms with Crippen LogP contribution in [0.1, 0.15) is 45.1 Å². The molecule has 126 valence electrons. The van der Waals surface area contributed by atoms with Crippen LogP contribution in [-0.4, -0.2) is 36.5 Å². The molecule has 1 aromatic carbocycles. The zero-order valence-corrected chi connectivity index (χ0v) is 14.1. The van der Waals surface area contributed by atoms with Crippen molar-refractivity contribution >= 4 is 11.5 Å². The fraction of sp³-hybridized carbons (Fsp3) is 0.526. The molecule has 1 N–H and O–H groups in total. The van der Waals surface area contributed by atoms with Crippen molar-refractivity contribution in [2.45, 2.75) is 45.6 Å². The molecular weight excluding hydrogens is 291 g/mol. The van der Waals surface area contributed by atoms with Gasteiger partial charge in [-0.2, -0.15) is 0 Å². The lowest BCUT2D eigenvalue weighted by molar-refractivity contribution is -0.125. The van der Waals surface area contributed by atoms with Gasteiger partial charge in [0.2, 0.25) is 0 Å². The van der Waals surface area contributed by atoms with Gasteiger partial charge in [0.1, 0.15) is 5.82 Å². The van der Waals surface area contributed by atoms with Crippen LogP contribution < -0.4 is 5.32 Å². The lowest BCUT2D eigenvalue weighted by Crippen LogP contribution is -2.34. The number of amides is 1. The Balaban J connectivity index is 2.33. The van der Waals surface area contributed by atoms with Crippen LogP contribution in [0.3, 0.4) is 0 Å². The predicted octanol–water partition coefficient (Wildman–Crippen LogP) is 3.61.